The lowest BCUT2D eigenvalue weighted by atomic mass is 10.1. The standard InChI is InChI=1S/C13H14N2S/c1-10(2)16-13-9-8-12(14-15-13)11-6-4-3-5-7-11/h3-10H,1-2H3. The van der Waals surface area contributed by atoms with Crippen LogP contribution in [0.4, 0.5) is 0 Å². The summed E-state index contributed by atoms with van der Waals surface area (Å²) in [5.74, 6) is 0. The van der Waals surface area contributed by atoms with E-state index in [0.29, 0.717) is 5.25 Å². The molecule has 1 aromatic carbocycles. The molecule has 1 heterocycles. The van der Waals surface area contributed by atoms with Gasteiger partial charge >= 0.3 is 0 Å². The lowest BCUT2D eigenvalue weighted by molar-refractivity contribution is 0.929. The van der Waals surface area contributed by atoms with E-state index in [2.05, 4.69) is 24.0 Å². The van der Waals surface area contributed by atoms with Gasteiger partial charge in [-0.1, -0.05) is 44.2 Å². The zero-order valence-electron chi connectivity index (χ0n) is 9.42. The van der Waals surface area contributed by atoms with Gasteiger partial charge in [0.2, 0.25) is 0 Å². The molecule has 0 aliphatic rings. The average Bonchev–Trinajstić information content (AvgIpc) is 2.30. The van der Waals surface area contributed by atoms with E-state index < -0.39 is 0 Å². The van der Waals surface area contributed by atoms with Gasteiger partial charge in [-0.15, -0.1) is 22.0 Å². The number of hydrogen-bond donors (Lipinski definition) is 0. The van der Waals surface area contributed by atoms with Crippen LogP contribution in [0.3, 0.4) is 0 Å². The van der Waals surface area contributed by atoms with E-state index in [0.717, 1.165) is 16.3 Å². The van der Waals surface area contributed by atoms with Crippen LogP contribution in [0.2, 0.25) is 0 Å². The first-order valence-electron chi connectivity index (χ1n) is 5.31. The van der Waals surface area contributed by atoms with Crippen LogP contribution in [0.15, 0.2) is 47.5 Å². The van der Waals surface area contributed by atoms with Gasteiger partial charge in [-0.05, 0) is 12.1 Å². The summed E-state index contributed by atoms with van der Waals surface area (Å²) in [4.78, 5) is 0. The fraction of sp³-hybridized carbons (Fsp3) is 0.231. The number of aromatic nitrogens is 2. The smallest absolute Gasteiger partial charge is 0.119 e. The Balaban J connectivity index is 2.20. The molecule has 0 spiro atoms. The third-order valence-corrected chi connectivity index (χ3v) is 3.00. The van der Waals surface area contributed by atoms with Crippen molar-refractivity contribution >= 4 is 11.8 Å². The van der Waals surface area contributed by atoms with Crippen molar-refractivity contribution < 1.29 is 0 Å². The minimum absolute atomic E-state index is 0.539. The Hall–Kier alpha value is -1.35. The van der Waals surface area contributed by atoms with Crippen LogP contribution < -0.4 is 0 Å². The fourth-order valence-corrected chi connectivity index (χ4v) is 2.10. The summed E-state index contributed by atoms with van der Waals surface area (Å²) in [6.45, 7) is 4.30. The highest BCUT2D eigenvalue weighted by molar-refractivity contribution is 7.99. The van der Waals surface area contributed by atoms with E-state index in [4.69, 9.17) is 0 Å². The molecule has 0 amide bonds. The van der Waals surface area contributed by atoms with Crippen molar-refractivity contribution in [2.45, 2.75) is 24.1 Å². The molecule has 3 heteroatoms. The molecule has 2 rings (SSSR count). The van der Waals surface area contributed by atoms with Crippen molar-refractivity contribution in [1.82, 2.24) is 10.2 Å². The second kappa shape index (κ2) is 5.12. The van der Waals surface area contributed by atoms with Gasteiger partial charge in [0.15, 0.2) is 0 Å². The first-order valence-corrected chi connectivity index (χ1v) is 6.19. The highest BCUT2D eigenvalue weighted by Crippen LogP contribution is 2.22. The Morgan fingerprint density at radius 2 is 1.69 bits per heavy atom. The predicted octanol–water partition coefficient (Wildman–Crippen LogP) is 3.64. The fourth-order valence-electron chi connectivity index (χ4n) is 1.39. The summed E-state index contributed by atoms with van der Waals surface area (Å²) in [6.07, 6.45) is 0. The summed E-state index contributed by atoms with van der Waals surface area (Å²) in [7, 11) is 0. The van der Waals surface area contributed by atoms with Crippen molar-refractivity contribution in [1.29, 1.82) is 0 Å². The topological polar surface area (TPSA) is 25.8 Å². The van der Waals surface area contributed by atoms with E-state index in [9.17, 15) is 0 Å². The van der Waals surface area contributed by atoms with Gasteiger partial charge in [0.05, 0.1) is 5.69 Å². The van der Waals surface area contributed by atoms with Crippen molar-refractivity contribution in [2.24, 2.45) is 0 Å². The Bertz CT molecular complexity index is 437. The monoisotopic (exact) mass is 230 g/mol. The van der Waals surface area contributed by atoms with E-state index in [1.807, 2.05) is 42.5 Å². The minimum Gasteiger partial charge on any atom is -0.149 e. The molecule has 0 saturated heterocycles. The summed E-state index contributed by atoms with van der Waals surface area (Å²) in [5.41, 5.74) is 2.03. The SMILES string of the molecule is CC(C)Sc1ccc(-c2ccccc2)nn1. The number of hydrogen-bond acceptors (Lipinski definition) is 3. The van der Waals surface area contributed by atoms with Gasteiger partial charge < -0.3 is 0 Å². The summed E-state index contributed by atoms with van der Waals surface area (Å²) in [6, 6.07) is 14.1. The molecule has 16 heavy (non-hydrogen) atoms. The largest absolute Gasteiger partial charge is 0.149 e. The van der Waals surface area contributed by atoms with Gasteiger partial charge in [0.1, 0.15) is 5.03 Å². The average molecular weight is 230 g/mol. The first-order chi connectivity index (χ1) is 7.75. The molecule has 2 nitrogen and oxygen atoms in total. The van der Waals surface area contributed by atoms with E-state index in [-0.39, 0.29) is 0 Å². The Morgan fingerprint density at radius 3 is 2.25 bits per heavy atom. The molecule has 0 aliphatic carbocycles. The van der Waals surface area contributed by atoms with E-state index in [1.54, 1.807) is 11.8 Å². The van der Waals surface area contributed by atoms with Gasteiger partial charge in [0, 0.05) is 10.8 Å². The van der Waals surface area contributed by atoms with Crippen molar-refractivity contribution in [3.63, 3.8) is 0 Å². The Morgan fingerprint density at radius 1 is 0.938 bits per heavy atom. The number of benzene rings is 1. The van der Waals surface area contributed by atoms with Crippen LogP contribution >= 0.6 is 11.8 Å². The lowest BCUT2D eigenvalue weighted by Gasteiger charge is -2.04. The van der Waals surface area contributed by atoms with Gasteiger partial charge in [-0.2, -0.15) is 0 Å². The maximum absolute atomic E-state index is 4.23. The van der Waals surface area contributed by atoms with Crippen LogP contribution in [0.1, 0.15) is 13.8 Å². The molecule has 0 fully saturated rings. The molecular formula is C13H14N2S. The normalized spacial score (nSPS) is 10.7. The number of nitrogens with zero attached hydrogens (tertiary/aromatic N) is 2. The summed E-state index contributed by atoms with van der Waals surface area (Å²) >= 11 is 1.73. The molecule has 2 aromatic rings. The van der Waals surface area contributed by atoms with Crippen LogP contribution in [0.25, 0.3) is 11.3 Å². The van der Waals surface area contributed by atoms with Crippen LogP contribution in [-0.2, 0) is 0 Å². The number of rotatable bonds is 3. The second-order valence-electron chi connectivity index (χ2n) is 3.79. The number of thioether (sulfide) groups is 1. The van der Waals surface area contributed by atoms with Crippen LogP contribution in [0, 0.1) is 0 Å². The molecular weight excluding hydrogens is 216 g/mol. The highest BCUT2D eigenvalue weighted by Gasteiger charge is 2.02. The molecule has 1 aromatic heterocycles. The summed E-state index contributed by atoms with van der Waals surface area (Å²) < 4.78 is 0. The Kier molecular flexibility index (Phi) is 3.57. The van der Waals surface area contributed by atoms with Crippen molar-refractivity contribution in [2.75, 3.05) is 0 Å². The molecule has 0 aliphatic heterocycles. The first kappa shape index (κ1) is 11.1. The molecule has 0 bridgehead atoms. The molecule has 0 atom stereocenters. The maximum Gasteiger partial charge on any atom is 0.119 e. The van der Waals surface area contributed by atoms with Gasteiger partial charge in [0.25, 0.3) is 0 Å². The quantitative estimate of drug-likeness (QED) is 0.753. The molecule has 82 valence electrons. The van der Waals surface area contributed by atoms with Crippen molar-refractivity contribution in [3.05, 3.63) is 42.5 Å². The van der Waals surface area contributed by atoms with Gasteiger partial charge in [-0.3, -0.25) is 0 Å². The van der Waals surface area contributed by atoms with Crippen molar-refractivity contribution in [3.8, 4) is 11.3 Å². The van der Waals surface area contributed by atoms with Crippen LogP contribution in [-0.4, -0.2) is 15.4 Å². The maximum atomic E-state index is 4.23. The molecule has 0 unspecified atom stereocenters. The third-order valence-electron chi connectivity index (χ3n) is 2.07. The molecule has 0 saturated carbocycles. The zero-order chi connectivity index (χ0) is 11.4. The third kappa shape index (κ3) is 2.83. The zero-order valence-corrected chi connectivity index (χ0v) is 10.2. The lowest BCUT2D eigenvalue weighted by Crippen LogP contribution is -1.92. The van der Waals surface area contributed by atoms with E-state index in [1.165, 1.54) is 0 Å². The highest BCUT2D eigenvalue weighted by atomic mass is 32.2. The molecule has 0 N–H and O–H groups in total. The summed E-state index contributed by atoms with van der Waals surface area (Å²) in [5, 5.41) is 9.96. The predicted molar refractivity (Wildman–Crippen MR) is 68.5 cm³/mol. The molecule has 0 radical (unpaired) electrons. The van der Waals surface area contributed by atoms with Crippen LogP contribution in [0.5, 0.6) is 0 Å². The second-order valence-corrected chi connectivity index (χ2v) is 5.39. The van der Waals surface area contributed by atoms with Gasteiger partial charge in [-0.25, -0.2) is 0 Å². The minimum atomic E-state index is 0.539. The van der Waals surface area contributed by atoms with E-state index >= 15 is 0 Å². The Labute approximate surface area is 100 Å².